The summed E-state index contributed by atoms with van der Waals surface area (Å²) in [5.74, 6) is 0.576. The van der Waals surface area contributed by atoms with Crippen LogP contribution in [-0.2, 0) is 9.53 Å². The smallest absolute Gasteiger partial charge is 0.260 e. The topological polar surface area (TPSA) is 51.7 Å². The molecule has 1 atom stereocenters. The van der Waals surface area contributed by atoms with Gasteiger partial charge in [-0.05, 0) is 19.1 Å². The first-order valence-electron chi connectivity index (χ1n) is 7.76. The van der Waals surface area contributed by atoms with E-state index in [1.54, 1.807) is 11.1 Å². The highest BCUT2D eigenvalue weighted by molar-refractivity contribution is 5.77. The van der Waals surface area contributed by atoms with Crippen LogP contribution in [0, 0.1) is 0 Å². The Kier molecular flexibility index (Phi) is 4.88. The molecule has 0 bridgehead atoms. The van der Waals surface area contributed by atoms with Crippen LogP contribution in [0.15, 0.2) is 48.7 Å². The fourth-order valence-corrected chi connectivity index (χ4v) is 2.53. The molecule has 1 aliphatic heterocycles. The minimum Gasteiger partial charge on any atom is -0.482 e. The second-order valence-electron chi connectivity index (χ2n) is 5.56. The van der Waals surface area contributed by atoms with Crippen molar-refractivity contribution in [3.63, 3.8) is 0 Å². The lowest BCUT2D eigenvalue weighted by atomic mass is 10.1. The van der Waals surface area contributed by atoms with Gasteiger partial charge in [0.05, 0.1) is 24.6 Å². The largest absolute Gasteiger partial charge is 0.482 e. The molecule has 0 spiro atoms. The summed E-state index contributed by atoms with van der Waals surface area (Å²) in [5, 5.41) is 0. The lowest BCUT2D eigenvalue weighted by molar-refractivity contribution is -0.140. The normalized spacial score (nSPS) is 17.8. The Morgan fingerprint density at radius 1 is 1.30 bits per heavy atom. The van der Waals surface area contributed by atoms with E-state index in [4.69, 9.17) is 9.47 Å². The molecule has 2 aromatic rings. The van der Waals surface area contributed by atoms with Gasteiger partial charge in [0.15, 0.2) is 6.61 Å². The number of amides is 1. The number of nitrogens with zero attached hydrogens (tertiary/aromatic N) is 2. The first-order valence-corrected chi connectivity index (χ1v) is 7.76. The minimum atomic E-state index is -0.0210. The lowest BCUT2D eigenvalue weighted by Crippen LogP contribution is -2.46. The minimum absolute atomic E-state index is 0.0210. The third-order valence-corrected chi connectivity index (χ3v) is 3.76. The van der Waals surface area contributed by atoms with Crippen LogP contribution < -0.4 is 4.74 Å². The van der Waals surface area contributed by atoms with Crippen LogP contribution >= 0.6 is 0 Å². The quantitative estimate of drug-likeness (QED) is 0.870. The standard InChI is InChI=1S/C18H20N2O3/c1-14-12-20(9-10-22-14)18(21)13-23-16-7-8-17(19-11-16)15-5-3-2-4-6-15/h2-8,11,14H,9-10,12-13H2,1H3/t14-/m0/s1. The molecule has 1 fully saturated rings. The van der Waals surface area contributed by atoms with Crippen molar-refractivity contribution < 1.29 is 14.3 Å². The SMILES string of the molecule is C[C@H]1CN(C(=O)COc2ccc(-c3ccccc3)nc2)CCO1. The lowest BCUT2D eigenvalue weighted by Gasteiger charge is -2.31. The van der Waals surface area contributed by atoms with E-state index in [2.05, 4.69) is 4.98 Å². The van der Waals surface area contributed by atoms with Crippen molar-refractivity contribution in [3.8, 4) is 17.0 Å². The van der Waals surface area contributed by atoms with Gasteiger partial charge >= 0.3 is 0 Å². The number of carbonyl (C=O) groups is 1. The zero-order chi connectivity index (χ0) is 16.1. The molecule has 1 aliphatic rings. The predicted molar refractivity (Wildman–Crippen MR) is 87.2 cm³/mol. The molecule has 5 heteroatoms. The fraction of sp³-hybridized carbons (Fsp3) is 0.333. The maximum absolute atomic E-state index is 12.1. The first kappa shape index (κ1) is 15.5. The van der Waals surface area contributed by atoms with Crippen molar-refractivity contribution in [1.82, 2.24) is 9.88 Å². The van der Waals surface area contributed by atoms with Crippen molar-refractivity contribution in [2.24, 2.45) is 0 Å². The summed E-state index contributed by atoms with van der Waals surface area (Å²) in [6, 6.07) is 13.7. The molecule has 1 aromatic carbocycles. The molecule has 3 rings (SSSR count). The highest BCUT2D eigenvalue weighted by atomic mass is 16.5. The number of aromatic nitrogens is 1. The Balaban J connectivity index is 1.55. The molecule has 0 saturated carbocycles. The van der Waals surface area contributed by atoms with Gasteiger partial charge in [0.1, 0.15) is 5.75 Å². The predicted octanol–water partition coefficient (Wildman–Crippen LogP) is 2.37. The molecule has 23 heavy (non-hydrogen) atoms. The molecular formula is C18H20N2O3. The molecule has 5 nitrogen and oxygen atoms in total. The average molecular weight is 312 g/mol. The molecule has 0 aliphatic carbocycles. The van der Waals surface area contributed by atoms with E-state index < -0.39 is 0 Å². The molecule has 1 saturated heterocycles. The number of morpholine rings is 1. The summed E-state index contributed by atoms with van der Waals surface area (Å²) in [5.41, 5.74) is 1.93. The van der Waals surface area contributed by atoms with Crippen molar-refractivity contribution >= 4 is 5.91 Å². The van der Waals surface area contributed by atoms with Crippen LogP contribution in [0.2, 0.25) is 0 Å². The summed E-state index contributed by atoms with van der Waals surface area (Å²) in [6.45, 7) is 3.82. The van der Waals surface area contributed by atoms with Crippen molar-refractivity contribution in [1.29, 1.82) is 0 Å². The number of ether oxygens (including phenoxy) is 2. The Hall–Kier alpha value is -2.40. The number of hydrogen-bond donors (Lipinski definition) is 0. The van der Waals surface area contributed by atoms with Gasteiger partial charge < -0.3 is 14.4 Å². The number of rotatable bonds is 4. The van der Waals surface area contributed by atoms with E-state index in [1.807, 2.05) is 49.4 Å². The average Bonchev–Trinajstić information content (AvgIpc) is 2.61. The Labute approximate surface area is 135 Å². The van der Waals surface area contributed by atoms with Crippen molar-refractivity contribution in [2.75, 3.05) is 26.3 Å². The number of pyridine rings is 1. The van der Waals surface area contributed by atoms with Crippen LogP contribution in [0.3, 0.4) is 0 Å². The molecule has 1 amide bonds. The second kappa shape index (κ2) is 7.24. The maximum atomic E-state index is 12.1. The van der Waals surface area contributed by atoms with Gasteiger partial charge in [-0.3, -0.25) is 9.78 Å². The van der Waals surface area contributed by atoms with Gasteiger partial charge in [-0.15, -0.1) is 0 Å². The Morgan fingerprint density at radius 2 is 2.13 bits per heavy atom. The molecule has 120 valence electrons. The second-order valence-corrected chi connectivity index (χ2v) is 5.56. The molecule has 0 N–H and O–H groups in total. The highest BCUT2D eigenvalue weighted by Crippen LogP contribution is 2.19. The van der Waals surface area contributed by atoms with Gasteiger partial charge in [0.25, 0.3) is 5.91 Å². The van der Waals surface area contributed by atoms with E-state index in [0.29, 0.717) is 25.4 Å². The summed E-state index contributed by atoms with van der Waals surface area (Å²) < 4.78 is 11.0. The third kappa shape index (κ3) is 4.07. The molecular weight excluding hydrogens is 292 g/mol. The maximum Gasteiger partial charge on any atom is 0.260 e. The molecule has 1 aromatic heterocycles. The van der Waals surface area contributed by atoms with Gasteiger partial charge in [-0.25, -0.2) is 0 Å². The monoisotopic (exact) mass is 312 g/mol. The van der Waals surface area contributed by atoms with Gasteiger partial charge in [0.2, 0.25) is 0 Å². The first-order chi connectivity index (χ1) is 11.2. The van der Waals surface area contributed by atoms with E-state index in [1.165, 1.54) is 0 Å². The van der Waals surface area contributed by atoms with Crippen LogP contribution in [0.4, 0.5) is 0 Å². The summed E-state index contributed by atoms with van der Waals surface area (Å²) in [6.07, 6.45) is 1.73. The fourth-order valence-electron chi connectivity index (χ4n) is 2.53. The summed E-state index contributed by atoms with van der Waals surface area (Å²) >= 11 is 0. The summed E-state index contributed by atoms with van der Waals surface area (Å²) in [4.78, 5) is 18.3. The number of carbonyl (C=O) groups excluding carboxylic acids is 1. The van der Waals surface area contributed by atoms with Crippen LogP contribution in [0.5, 0.6) is 5.75 Å². The molecule has 2 heterocycles. The van der Waals surface area contributed by atoms with Crippen LogP contribution in [0.25, 0.3) is 11.3 Å². The Bertz CT molecular complexity index is 643. The molecule has 0 unspecified atom stereocenters. The molecule has 0 radical (unpaired) electrons. The zero-order valence-corrected chi connectivity index (χ0v) is 13.1. The third-order valence-electron chi connectivity index (χ3n) is 3.76. The van der Waals surface area contributed by atoms with Crippen molar-refractivity contribution in [3.05, 3.63) is 48.7 Å². The Morgan fingerprint density at radius 3 is 2.83 bits per heavy atom. The highest BCUT2D eigenvalue weighted by Gasteiger charge is 2.21. The van der Waals surface area contributed by atoms with E-state index in [0.717, 1.165) is 11.3 Å². The van der Waals surface area contributed by atoms with Gasteiger partial charge in [0, 0.05) is 18.7 Å². The van der Waals surface area contributed by atoms with Crippen molar-refractivity contribution in [2.45, 2.75) is 13.0 Å². The summed E-state index contributed by atoms with van der Waals surface area (Å²) in [7, 11) is 0. The van der Waals surface area contributed by atoms with E-state index >= 15 is 0 Å². The zero-order valence-electron chi connectivity index (χ0n) is 13.1. The van der Waals surface area contributed by atoms with E-state index in [-0.39, 0.29) is 18.6 Å². The van der Waals surface area contributed by atoms with Gasteiger partial charge in [-0.2, -0.15) is 0 Å². The number of benzene rings is 1. The van der Waals surface area contributed by atoms with Crippen LogP contribution in [-0.4, -0.2) is 48.2 Å². The van der Waals surface area contributed by atoms with Gasteiger partial charge in [-0.1, -0.05) is 30.3 Å². The van der Waals surface area contributed by atoms with E-state index in [9.17, 15) is 4.79 Å². The van der Waals surface area contributed by atoms with Crippen LogP contribution in [0.1, 0.15) is 6.92 Å². The number of hydrogen-bond acceptors (Lipinski definition) is 4.